The summed E-state index contributed by atoms with van der Waals surface area (Å²) in [4.78, 5) is 15.2. The average molecular weight is 418 g/mol. The largest absolute Gasteiger partial charge is 0.489 e. The first-order valence-corrected chi connectivity index (χ1v) is 11.3. The molecule has 0 aliphatic heterocycles. The van der Waals surface area contributed by atoms with E-state index in [-0.39, 0.29) is 36.0 Å². The van der Waals surface area contributed by atoms with E-state index in [9.17, 15) is 14.3 Å². The molecule has 5 heteroatoms. The third-order valence-corrected chi connectivity index (χ3v) is 7.42. The Kier molecular flexibility index (Phi) is 7.22. The minimum absolute atomic E-state index is 0.0131. The lowest BCUT2D eigenvalue weighted by Crippen LogP contribution is -2.54. The lowest BCUT2D eigenvalue weighted by Gasteiger charge is -2.54. The van der Waals surface area contributed by atoms with Crippen molar-refractivity contribution in [3.63, 3.8) is 0 Å². The fourth-order valence-electron chi connectivity index (χ4n) is 5.24. The Bertz CT molecular complexity index is 732. The summed E-state index contributed by atoms with van der Waals surface area (Å²) >= 11 is 0. The van der Waals surface area contributed by atoms with Crippen LogP contribution in [-0.2, 0) is 10.2 Å². The number of hydrogen-bond donors (Lipinski definition) is 1. The second-order valence-corrected chi connectivity index (χ2v) is 9.31. The van der Waals surface area contributed by atoms with Gasteiger partial charge >= 0.3 is 0 Å². The summed E-state index contributed by atoms with van der Waals surface area (Å²) in [5.74, 6) is 0.993. The number of aliphatic hydroxyl groups excluding tert-OH is 1. The molecule has 4 nitrogen and oxygen atoms in total. The van der Waals surface area contributed by atoms with Gasteiger partial charge in [0.2, 0.25) is 5.91 Å². The maximum atomic E-state index is 13.3. The predicted octanol–water partition coefficient (Wildman–Crippen LogP) is 5.15. The maximum Gasteiger partial charge on any atom is 0.229 e. The van der Waals surface area contributed by atoms with Crippen LogP contribution >= 0.6 is 0 Å². The van der Waals surface area contributed by atoms with Gasteiger partial charge in [0.25, 0.3) is 0 Å². The quantitative estimate of drug-likeness (QED) is 0.604. The molecule has 166 valence electrons. The molecule has 0 heterocycles. The number of rotatable bonds is 9. The zero-order valence-corrected chi connectivity index (χ0v) is 18.6. The molecule has 3 saturated carbocycles. The third kappa shape index (κ3) is 4.41. The normalized spacial score (nSPS) is 26.1. The summed E-state index contributed by atoms with van der Waals surface area (Å²) in [7, 11) is 0. The van der Waals surface area contributed by atoms with Crippen LogP contribution in [0.4, 0.5) is 4.39 Å². The number of hydrogen-bond acceptors (Lipinski definition) is 3. The summed E-state index contributed by atoms with van der Waals surface area (Å²) in [6, 6.07) is 8.37. The molecule has 1 N–H and O–H groups in total. The zero-order valence-electron chi connectivity index (χ0n) is 18.6. The van der Waals surface area contributed by atoms with Gasteiger partial charge in [-0.3, -0.25) is 4.79 Å². The van der Waals surface area contributed by atoms with E-state index in [1.54, 1.807) is 0 Å². The molecule has 0 saturated heterocycles. The van der Waals surface area contributed by atoms with Crippen molar-refractivity contribution in [2.24, 2.45) is 5.41 Å². The van der Waals surface area contributed by atoms with Crippen molar-refractivity contribution in [2.45, 2.75) is 77.2 Å². The first kappa shape index (κ1) is 22.8. The van der Waals surface area contributed by atoms with Crippen LogP contribution in [0.15, 0.2) is 36.2 Å². The number of nitrogens with zero attached hydrogens (tertiary/aromatic N) is 1. The molecule has 1 aromatic carbocycles. The zero-order chi connectivity index (χ0) is 21.8. The summed E-state index contributed by atoms with van der Waals surface area (Å²) in [6.45, 7) is 6.68. The van der Waals surface area contributed by atoms with Gasteiger partial charge in [0, 0.05) is 18.0 Å². The molecule has 3 fully saturated rings. The fourth-order valence-corrected chi connectivity index (χ4v) is 5.24. The smallest absolute Gasteiger partial charge is 0.229 e. The predicted molar refractivity (Wildman–Crippen MR) is 117 cm³/mol. The first-order valence-electron chi connectivity index (χ1n) is 11.3. The molecule has 1 amide bonds. The van der Waals surface area contributed by atoms with E-state index in [1.165, 1.54) is 5.56 Å². The molecule has 0 radical (unpaired) electrons. The third-order valence-electron chi connectivity index (χ3n) is 7.42. The molecular formula is C25H36FNO3. The van der Waals surface area contributed by atoms with E-state index in [0.717, 1.165) is 44.3 Å². The molecule has 2 bridgehead atoms. The SMILES string of the molecule is CC/C(=C\F)COc1ccc(C23CCC(C(=O)N(CCO)C(C)C)(CC2)CC3)cc1. The summed E-state index contributed by atoms with van der Waals surface area (Å²) in [6.07, 6.45) is 7.09. The van der Waals surface area contributed by atoms with Gasteiger partial charge in [-0.05, 0) is 87.5 Å². The van der Waals surface area contributed by atoms with Gasteiger partial charge in [-0.25, -0.2) is 4.39 Å². The molecular weight excluding hydrogens is 381 g/mol. The van der Waals surface area contributed by atoms with Crippen LogP contribution in [0, 0.1) is 5.41 Å². The van der Waals surface area contributed by atoms with Crippen LogP contribution in [-0.4, -0.2) is 41.7 Å². The lowest BCUT2D eigenvalue weighted by atomic mass is 9.51. The topological polar surface area (TPSA) is 49.8 Å². The summed E-state index contributed by atoms with van der Waals surface area (Å²) in [5.41, 5.74) is 1.87. The van der Waals surface area contributed by atoms with Crippen molar-refractivity contribution in [3.05, 3.63) is 41.7 Å². The molecule has 4 rings (SSSR count). The Hall–Kier alpha value is -1.88. The highest BCUT2D eigenvalue weighted by atomic mass is 19.1. The fraction of sp³-hybridized carbons (Fsp3) is 0.640. The number of aliphatic hydroxyl groups is 1. The molecule has 30 heavy (non-hydrogen) atoms. The van der Waals surface area contributed by atoms with E-state index in [0.29, 0.717) is 24.9 Å². The number of carbonyl (C=O) groups excluding carboxylic acids is 1. The van der Waals surface area contributed by atoms with Crippen molar-refractivity contribution < 1.29 is 19.0 Å². The number of carbonyl (C=O) groups is 1. The van der Waals surface area contributed by atoms with Gasteiger partial charge in [-0.2, -0.15) is 0 Å². The van der Waals surface area contributed by atoms with Crippen molar-refractivity contribution in [3.8, 4) is 5.75 Å². The maximum absolute atomic E-state index is 13.3. The Morgan fingerprint density at radius 1 is 1.17 bits per heavy atom. The van der Waals surface area contributed by atoms with Crippen LogP contribution < -0.4 is 4.74 Å². The van der Waals surface area contributed by atoms with Crippen molar-refractivity contribution in [1.82, 2.24) is 4.90 Å². The Morgan fingerprint density at radius 3 is 2.23 bits per heavy atom. The Balaban J connectivity index is 1.67. The standard InChI is InChI=1S/C25H36FNO3/c1-4-20(17-26)18-30-22-7-5-21(6-8-22)24-9-12-25(13-10-24,14-11-24)23(29)27(15-16-28)19(2)3/h5-8,17,19,28H,4,9-16,18H2,1-3H3/b20-17+. The van der Waals surface area contributed by atoms with E-state index < -0.39 is 0 Å². The highest BCUT2D eigenvalue weighted by molar-refractivity contribution is 5.83. The minimum atomic E-state index is -0.251. The Labute approximate surface area is 180 Å². The van der Waals surface area contributed by atoms with Gasteiger partial charge in [-0.1, -0.05) is 19.1 Å². The van der Waals surface area contributed by atoms with Crippen LogP contribution in [0.25, 0.3) is 0 Å². The van der Waals surface area contributed by atoms with E-state index in [4.69, 9.17) is 4.74 Å². The number of benzene rings is 1. The molecule has 0 atom stereocenters. The number of halogens is 1. The molecule has 0 unspecified atom stereocenters. The van der Waals surface area contributed by atoms with Gasteiger partial charge < -0.3 is 14.7 Å². The van der Waals surface area contributed by atoms with E-state index in [1.807, 2.05) is 37.8 Å². The van der Waals surface area contributed by atoms with Crippen LogP contribution in [0.1, 0.15) is 71.3 Å². The second kappa shape index (κ2) is 9.51. The Morgan fingerprint density at radius 2 is 1.77 bits per heavy atom. The van der Waals surface area contributed by atoms with Crippen LogP contribution in [0.3, 0.4) is 0 Å². The van der Waals surface area contributed by atoms with Crippen molar-refractivity contribution >= 4 is 5.91 Å². The molecule has 0 spiro atoms. The number of ether oxygens (including phenoxy) is 1. The second-order valence-electron chi connectivity index (χ2n) is 9.31. The van der Waals surface area contributed by atoms with Gasteiger partial charge in [0.05, 0.1) is 12.9 Å². The van der Waals surface area contributed by atoms with Crippen LogP contribution in [0.5, 0.6) is 5.75 Å². The number of fused-ring (bicyclic) bond motifs is 3. The highest BCUT2D eigenvalue weighted by Gasteiger charge is 2.54. The number of amides is 1. The highest BCUT2D eigenvalue weighted by Crippen LogP contribution is 2.58. The van der Waals surface area contributed by atoms with Crippen molar-refractivity contribution in [2.75, 3.05) is 19.8 Å². The molecule has 1 aromatic rings. The van der Waals surface area contributed by atoms with E-state index >= 15 is 0 Å². The van der Waals surface area contributed by atoms with E-state index in [2.05, 4.69) is 12.1 Å². The summed E-state index contributed by atoms with van der Waals surface area (Å²) < 4.78 is 18.4. The van der Waals surface area contributed by atoms with Crippen molar-refractivity contribution in [1.29, 1.82) is 0 Å². The van der Waals surface area contributed by atoms with Crippen LogP contribution in [0.2, 0.25) is 0 Å². The monoisotopic (exact) mass is 417 g/mol. The lowest BCUT2D eigenvalue weighted by molar-refractivity contribution is -0.151. The van der Waals surface area contributed by atoms with Gasteiger partial charge in [0.15, 0.2) is 0 Å². The molecule has 3 aliphatic rings. The molecule has 3 aliphatic carbocycles. The summed E-state index contributed by atoms with van der Waals surface area (Å²) in [5, 5.41) is 9.38. The van der Waals surface area contributed by atoms with Gasteiger partial charge in [0.1, 0.15) is 12.4 Å². The molecule has 0 aromatic heterocycles. The first-order chi connectivity index (χ1) is 14.4. The average Bonchev–Trinajstić information content (AvgIpc) is 2.79. The minimum Gasteiger partial charge on any atom is -0.489 e. The van der Waals surface area contributed by atoms with Gasteiger partial charge in [-0.15, -0.1) is 0 Å².